The summed E-state index contributed by atoms with van der Waals surface area (Å²) in [7, 11) is 6.35. The first-order valence-corrected chi connectivity index (χ1v) is 16.2. The first-order chi connectivity index (χ1) is 23.3. The highest BCUT2D eigenvalue weighted by Gasteiger charge is 2.29. The Morgan fingerprint density at radius 1 is 0.896 bits per heavy atom. The molecule has 0 saturated carbocycles. The third-order valence-electron chi connectivity index (χ3n) is 8.69. The number of amides is 2. The summed E-state index contributed by atoms with van der Waals surface area (Å²) < 4.78 is 24.6. The van der Waals surface area contributed by atoms with Gasteiger partial charge in [-0.1, -0.05) is 6.07 Å². The van der Waals surface area contributed by atoms with E-state index in [1.54, 1.807) is 40.6 Å². The van der Waals surface area contributed by atoms with E-state index in [1.165, 1.54) is 6.92 Å². The number of fused-ring (bicyclic) bond motifs is 4. The largest absolute Gasteiger partial charge is 0.497 e. The van der Waals surface area contributed by atoms with Crippen LogP contribution in [0, 0.1) is 0 Å². The van der Waals surface area contributed by atoms with Crippen molar-refractivity contribution in [2.24, 2.45) is 0 Å². The number of nitrogens with zero attached hydrogens (tertiary/aromatic N) is 1. The lowest BCUT2D eigenvalue weighted by Crippen LogP contribution is -2.26. The van der Waals surface area contributed by atoms with Gasteiger partial charge in [-0.2, -0.15) is 0 Å². The van der Waals surface area contributed by atoms with Crippen molar-refractivity contribution < 1.29 is 28.5 Å². The van der Waals surface area contributed by atoms with Crippen molar-refractivity contribution in [1.82, 2.24) is 15.2 Å². The van der Waals surface area contributed by atoms with Crippen molar-refractivity contribution in [3.63, 3.8) is 0 Å². The number of benzene rings is 2. The van der Waals surface area contributed by atoms with Crippen LogP contribution in [0.4, 0.5) is 5.69 Å². The highest BCUT2D eigenvalue weighted by molar-refractivity contribution is 5.84. The fraction of sp³-hybridized carbons (Fsp3) is 0.378. The quantitative estimate of drug-likeness (QED) is 0.158. The Kier molecular flexibility index (Phi) is 11.1. The van der Waals surface area contributed by atoms with Gasteiger partial charge in [-0.15, -0.1) is 0 Å². The molecule has 0 unspecified atom stereocenters. The molecule has 2 amide bonds. The predicted octanol–water partition coefficient (Wildman–Crippen LogP) is 5.22. The summed E-state index contributed by atoms with van der Waals surface area (Å²) in [4.78, 5) is 38.2. The average molecular weight is 657 g/mol. The summed E-state index contributed by atoms with van der Waals surface area (Å²) in [5, 5.41) is 10.4. The van der Waals surface area contributed by atoms with Gasteiger partial charge in [0.15, 0.2) is 11.5 Å². The van der Waals surface area contributed by atoms with Gasteiger partial charge in [0.25, 0.3) is 0 Å². The van der Waals surface area contributed by atoms with E-state index in [9.17, 15) is 14.4 Å². The van der Waals surface area contributed by atoms with Crippen LogP contribution in [-0.2, 0) is 22.6 Å². The van der Waals surface area contributed by atoms with Crippen molar-refractivity contribution >= 4 is 28.4 Å². The van der Waals surface area contributed by atoms with Gasteiger partial charge in [0.05, 0.1) is 40.2 Å². The van der Waals surface area contributed by atoms with E-state index >= 15 is 0 Å². The SMILES string of the molecule is COc1ccc2c(ccn2CCCNC(=O)CCCNc2ccc3c(cc2=O)[C@@H](NC(C)=O)CCc2cc(OC)c(OC)c(OC)c2-3)c1. The van der Waals surface area contributed by atoms with Gasteiger partial charge in [-0.3, -0.25) is 14.4 Å². The lowest BCUT2D eigenvalue weighted by Gasteiger charge is -2.19. The van der Waals surface area contributed by atoms with Crippen LogP contribution in [-0.4, -0.2) is 57.9 Å². The summed E-state index contributed by atoms with van der Waals surface area (Å²) >= 11 is 0. The lowest BCUT2D eigenvalue weighted by atomic mass is 9.95. The van der Waals surface area contributed by atoms with Crippen LogP contribution in [0.25, 0.3) is 22.0 Å². The normalized spacial score (nSPS) is 13.5. The van der Waals surface area contributed by atoms with E-state index in [4.69, 9.17) is 18.9 Å². The number of aryl methyl sites for hydroxylation is 2. The molecule has 48 heavy (non-hydrogen) atoms. The van der Waals surface area contributed by atoms with Crippen molar-refractivity contribution in [3.05, 3.63) is 76.1 Å². The second-order valence-electron chi connectivity index (χ2n) is 11.8. The Bertz CT molecular complexity index is 1850. The van der Waals surface area contributed by atoms with Gasteiger partial charge in [-0.05, 0) is 84.8 Å². The molecule has 1 heterocycles. The second-order valence-corrected chi connectivity index (χ2v) is 11.8. The smallest absolute Gasteiger partial charge is 0.220 e. The lowest BCUT2D eigenvalue weighted by molar-refractivity contribution is -0.121. The van der Waals surface area contributed by atoms with Gasteiger partial charge in [0.2, 0.25) is 23.0 Å². The van der Waals surface area contributed by atoms with E-state index in [1.807, 2.05) is 36.5 Å². The van der Waals surface area contributed by atoms with Crippen LogP contribution in [0.5, 0.6) is 23.0 Å². The van der Waals surface area contributed by atoms with Crippen molar-refractivity contribution in [2.75, 3.05) is 46.8 Å². The monoisotopic (exact) mass is 656 g/mol. The van der Waals surface area contributed by atoms with Crippen LogP contribution < -0.4 is 40.3 Å². The van der Waals surface area contributed by atoms with Crippen molar-refractivity contribution in [2.45, 2.75) is 51.6 Å². The summed E-state index contributed by atoms with van der Waals surface area (Å²) in [6, 6.07) is 14.8. The van der Waals surface area contributed by atoms with Gasteiger partial charge in [-0.25, -0.2) is 0 Å². The molecule has 3 N–H and O–H groups in total. The van der Waals surface area contributed by atoms with Crippen LogP contribution in [0.15, 0.2) is 59.5 Å². The number of methoxy groups -OCH3 is 4. The molecule has 4 aromatic rings. The Labute approximate surface area is 280 Å². The fourth-order valence-corrected chi connectivity index (χ4v) is 6.39. The maximum atomic E-state index is 13.5. The third-order valence-corrected chi connectivity index (χ3v) is 8.69. The molecule has 1 aliphatic carbocycles. The highest BCUT2D eigenvalue weighted by atomic mass is 16.5. The number of aromatic nitrogens is 1. The van der Waals surface area contributed by atoms with Crippen LogP contribution in [0.3, 0.4) is 0 Å². The van der Waals surface area contributed by atoms with Crippen molar-refractivity contribution in [3.8, 4) is 34.1 Å². The number of rotatable bonds is 14. The first-order valence-electron chi connectivity index (χ1n) is 16.2. The van der Waals surface area contributed by atoms with Crippen LogP contribution in [0.2, 0.25) is 0 Å². The Morgan fingerprint density at radius 2 is 1.71 bits per heavy atom. The molecule has 11 heteroatoms. The molecular weight excluding hydrogens is 612 g/mol. The standard InChI is InChI=1S/C37H44N4O7/c1-23(42)40-29-12-9-25-21-33(46-3)36(47-4)37(48-5)35(25)27-11-13-30(32(43)22-28(27)29)38-16-6-8-34(44)39-17-7-18-41-19-15-24-20-26(45-2)10-14-31(24)41/h10-11,13-15,19-22,29H,6-9,12,16-18H2,1-5H3,(H,38,43)(H,39,44)(H,40,42)/t29-/m0/s1. The maximum absolute atomic E-state index is 13.5. The zero-order valence-electron chi connectivity index (χ0n) is 28.2. The number of hydrogen-bond donors (Lipinski definition) is 3. The minimum absolute atomic E-state index is 0.0298. The van der Waals surface area contributed by atoms with Gasteiger partial charge >= 0.3 is 0 Å². The molecule has 5 rings (SSSR count). The molecule has 254 valence electrons. The minimum atomic E-state index is -0.386. The zero-order valence-corrected chi connectivity index (χ0v) is 28.2. The number of carbonyl (C=O) groups is 2. The second kappa shape index (κ2) is 15.6. The van der Waals surface area contributed by atoms with Gasteiger partial charge in [0.1, 0.15) is 5.75 Å². The summed E-state index contributed by atoms with van der Waals surface area (Å²) in [6.45, 7) is 3.27. The molecule has 1 aromatic heterocycles. The molecule has 0 spiro atoms. The Hall–Kier alpha value is -5.19. The molecule has 11 nitrogen and oxygen atoms in total. The Balaban J connectivity index is 1.23. The van der Waals surface area contributed by atoms with E-state index < -0.39 is 0 Å². The van der Waals surface area contributed by atoms with Crippen LogP contribution >= 0.6 is 0 Å². The fourth-order valence-electron chi connectivity index (χ4n) is 6.39. The molecule has 0 aliphatic heterocycles. The van der Waals surface area contributed by atoms with Crippen LogP contribution in [0.1, 0.15) is 49.8 Å². The number of ether oxygens (including phenoxy) is 4. The Morgan fingerprint density at radius 3 is 2.44 bits per heavy atom. The van der Waals surface area contributed by atoms with E-state index in [-0.39, 0.29) is 23.3 Å². The molecule has 0 saturated heterocycles. The van der Waals surface area contributed by atoms with E-state index in [0.717, 1.165) is 46.3 Å². The molecule has 3 aromatic carbocycles. The van der Waals surface area contributed by atoms with Gasteiger partial charge in [0, 0.05) is 55.6 Å². The van der Waals surface area contributed by atoms with Crippen molar-refractivity contribution in [1.29, 1.82) is 0 Å². The third kappa shape index (κ3) is 7.51. The number of anilines is 1. The summed E-state index contributed by atoms with van der Waals surface area (Å²) in [5.74, 6) is 2.10. The number of carbonyl (C=O) groups excluding carboxylic acids is 2. The molecule has 0 radical (unpaired) electrons. The molecular formula is C37H44N4O7. The van der Waals surface area contributed by atoms with E-state index in [2.05, 4.69) is 26.6 Å². The minimum Gasteiger partial charge on any atom is -0.497 e. The number of nitrogens with one attached hydrogen (secondary N) is 3. The van der Waals surface area contributed by atoms with Gasteiger partial charge < -0.3 is 39.5 Å². The maximum Gasteiger partial charge on any atom is 0.220 e. The highest BCUT2D eigenvalue weighted by Crippen LogP contribution is 2.50. The number of hydrogen-bond acceptors (Lipinski definition) is 8. The molecule has 1 atom stereocenters. The summed E-state index contributed by atoms with van der Waals surface area (Å²) in [6.07, 6.45) is 4.94. The molecule has 0 fully saturated rings. The molecule has 1 aliphatic rings. The summed E-state index contributed by atoms with van der Waals surface area (Å²) in [5.41, 5.74) is 4.53. The first kappa shape index (κ1) is 34.2. The predicted molar refractivity (Wildman–Crippen MR) is 187 cm³/mol. The average Bonchev–Trinajstić information content (AvgIpc) is 3.34. The van der Waals surface area contributed by atoms with E-state index in [0.29, 0.717) is 67.3 Å². The zero-order chi connectivity index (χ0) is 34.2. The molecule has 0 bridgehead atoms. The topological polar surface area (TPSA) is 129 Å².